The van der Waals surface area contributed by atoms with Crippen molar-refractivity contribution in [2.45, 2.75) is 13.0 Å². The number of halogens is 1. The van der Waals surface area contributed by atoms with Crippen LogP contribution in [0.15, 0.2) is 42.7 Å². The van der Waals surface area contributed by atoms with Crippen LogP contribution >= 0.6 is 0 Å². The standard InChI is InChI=1S/C15H13FN8/c1-9(14-17-8-18-21-14)19-12-6-7-13-20-22-15(24(13)23-12)10-4-2-3-5-11(10)16/h2-9H,1H3,(H,19,23)(H,17,18,21). The van der Waals surface area contributed by atoms with E-state index in [0.717, 1.165) is 0 Å². The van der Waals surface area contributed by atoms with Gasteiger partial charge in [0.2, 0.25) is 0 Å². The van der Waals surface area contributed by atoms with Gasteiger partial charge in [0, 0.05) is 0 Å². The van der Waals surface area contributed by atoms with Gasteiger partial charge in [0.15, 0.2) is 11.5 Å². The van der Waals surface area contributed by atoms with Crippen molar-refractivity contribution in [3.63, 3.8) is 0 Å². The summed E-state index contributed by atoms with van der Waals surface area (Å²) >= 11 is 0. The Hall–Kier alpha value is -3.36. The zero-order chi connectivity index (χ0) is 16.5. The van der Waals surface area contributed by atoms with Crippen LogP contribution in [-0.4, -0.2) is 35.0 Å². The van der Waals surface area contributed by atoms with Crippen LogP contribution in [0, 0.1) is 5.82 Å². The molecule has 4 rings (SSSR count). The van der Waals surface area contributed by atoms with E-state index in [1.165, 1.54) is 16.9 Å². The minimum atomic E-state index is -0.373. The molecule has 3 aromatic heterocycles. The van der Waals surface area contributed by atoms with Crippen LogP contribution in [0.5, 0.6) is 0 Å². The highest BCUT2D eigenvalue weighted by Crippen LogP contribution is 2.22. The number of benzene rings is 1. The van der Waals surface area contributed by atoms with Crippen LogP contribution < -0.4 is 5.32 Å². The van der Waals surface area contributed by atoms with Gasteiger partial charge in [0.1, 0.15) is 23.8 Å². The van der Waals surface area contributed by atoms with E-state index < -0.39 is 0 Å². The summed E-state index contributed by atoms with van der Waals surface area (Å²) in [5.41, 5.74) is 0.879. The van der Waals surface area contributed by atoms with E-state index >= 15 is 0 Å². The fourth-order valence-electron chi connectivity index (χ4n) is 2.39. The molecule has 0 aliphatic heterocycles. The molecule has 0 bridgehead atoms. The maximum atomic E-state index is 14.0. The smallest absolute Gasteiger partial charge is 0.188 e. The average Bonchev–Trinajstić information content (AvgIpc) is 3.25. The lowest BCUT2D eigenvalue weighted by molar-refractivity contribution is 0.629. The quantitative estimate of drug-likeness (QED) is 0.597. The Balaban J connectivity index is 1.72. The molecular formula is C15H13FN8. The van der Waals surface area contributed by atoms with Crippen LogP contribution in [0.25, 0.3) is 17.0 Å². The van der Waals surface area contributed by atoms with E-state index in [1.54, 1.807) is 30.3 Å². The molecule has 0 saturated carbocycles. The highest BCUT2D eigenvalue weighted by atomic mass is 19.1. The van der Waals surface area contributed by atoms with Gasteiger partial charge in [-0.1, -0.05) is 12.1 Å². The van der Waals surface area contributed by atoms with Gasteiger partial charge in [0.25, 0.3) is 0 Å². The molecule has 0 saturated heterocycles. The van der Waals surface area contributed by atoms with Crippen molar-refractivity contribution in [3.8, 4) is 11.4 Å². The molecule has 2 N–H and O–H groups in total. The van der Waals surface area contributed by atoms with E-state index in [-0.39, 0.29) is 11.9 Å². The minimum Gasteiger partial charge on any atom is -0.359 e. The van der Waals surface area contributed by atoms with Gasteiger partial charge in [-0.15, -0.1) is 15.3 Å². The summed E-state index contributed by atoms with van der Waals surface area (Å²) in [7, 11) is 0. The van der Waals surface area contributed by atoms with Gasteiger partial charge in [-0.3, -0.25) is 5.10 Å². The van der Waals surface area contributed by atoms with Gasteiger partial charge < -0.3 is 5.32 Å². The fraction of sp³-hybridized carbons (Fsp3) is 0.133. The van der Waals surface area contributed by atoms with Crippen molar-refractivity contribution in [2.75, 3.05) is 5.32 Å². The number of rotatable bonds is 4. The molecule has 8 nitrogen and oxygen atoms in total. The van der Waals surface area contributed by atoms with Crippen molar-refractivity contribution in [1.82, 2.24) is 35.0 Å². The number of nitrogens with one attached hydrogen (secondary N) is 2. The van der Waals surface area contributed by atoms with Crippen molar-refractivity contribution < 1.29 is 4.39 Å². The third kappa shape index (κ3) is 2.45. The Morgan fingerprint density at radius 1 is 1.17 bits per heavy atom. The molecule has 0 amide bonds. The van der Waals surface area contributed by atoms with Gasteiger partial charge in [-0.25, -0.2) is 9.37 Å². The van der Waals surface area contributed by atoms with Crippen LogP contribution in [0.3, 0.4) is 0 Å². The lowest BCUT2D eigenvalue weighted by Crippen LogP contribution is -2.11. The predicted octanol–water partition coefficient (Wildman–Crippen LogP) is 2.22. The first-order valence-corrected chi connectivity index (χ1v) is 7.31. The summed E-state index contributed by atoms with van der Waals surface area (Å²) in [6.07, 6.45) is 1.44. The molecule has 1 atom stereocenters. The lowest BCUT2D eigenvalue weighted by atomic mass is 10.2. The second-order valence-electron chi connectivity index (χ2n) is 5.23. The monoisotopic (exact) mass is 324 g/mol. The van der Waals surface area contributed by atoms with Crippen molar-refractivity contribution in [3.05, 3.63) is 54.4 Å². The lowest BCUT2D eigenvalue weighted by Gasteiger charge is -2.11. The van der Waals surface area contributed by atoms with Crippen molar-refractivity contribution in [2.24, 2.45) is 0 Å². The molecule has 1 aromatic carbocycles. The topological polar surface area (TPSA) is 96.7 Å². The van der Waals surface area contributed by atoms with E-state index in [4.69, 9.17) is 0 Å². The Morgan fingerprint density at radius 3 is 2.83 bits per heavy atom. The first kappa shape index (κ1) is 14.2. The highest BCUT2D eigenvalue weighted by molar-refractivity contribution is 5.60. The van der Waals surface area contributed by atoms with Gasteiger partial charge in [0.05, 0.1) is 11.6 Å². The summed E-state index contributed by atoms with van der Waals surface area (Å²) < 4.78 is 15.5. The third-order valence-corrected chi connectivity index (χ3v) is 3.59. The summed E-state index contributed by atoms with van der Waals surface area (Å²) in [4.78, 5) is 4.10. The fourth-order valence-corrected chi connectivity index (χ4v) is 2.39. The SMILES string of the molecule is CC(Nc1ccc2nnc(-c3ccccc3F)n2n1)c1ncn[nH]1. The molecule has 24 heavy (non-hydrogen) atoms. The largest absolute Gasteiger partial charge is 0.359 e. The average molecular weight is 324 g/mol. The minimum absolute atomic E-state index is 0.120. The maximum absolute atomic E-state index is 14.0. The number of hydrogen-bond acceptors (Lipinski definition) is 6. The third-order valence-electron chi connectivity index (χ3n) is 3.59. The molecule has 0 fully saturated rings. The van der Waals surface area contributed by atoms with E-state index in [1.807, 2.05) is 6.92 Å². The zero-order valence-electron chi connectivity index (χ0n) is 12.7. The second-order valence-corrected chi connectivity index (χ2v) is 5.23. The Morgan fingerprint density at radius 2 is 2.04 bits per heavy atom. The van der Waals surface area contributed by atoms with Crippen molar-refractivity contribution >= 4 is 11.5 Å². The molecule has 9 heteroatoms. The van der Waals surface area contributed by atoms with E-state index in [9.17, 15) is 4.39 Å². The van der Waals surface area contributed by atoms with Gasteiger partial charge >= 0.3 is 0 Å². The first-order valence-electron chi connectivity index (χ1n) is 7.31. The van der Waals surface area contributed by atoms with E-state index in [2.05, 4.69) is 35.8 Å². The predicted molar refractivity (Wildman–Crippen MR) is 84.6 cm³/mol. The maximum Gasteiger partial charge on any atom is 0.188 e. The Kier molecular flexibility index (Phi) is 3.38. The van der Waals surface area contributed by atoms with E-state index in [0.29, 0.717) is 28.7 Å². The second kappa shape index (κ2) is 5.69. The number of aromatic nitrogens is 7. The number of fused-ring (bicyclic) bond motifs is 1. The van der Waals surface area contributed by atoms with Gasteiger partial charge in [-0.2, -0.15) is 9.61 Å². The number of anilines is 1. The number of H-pyrrole nitrogens is 1. The first-order chi connectivity index (χ1) is 11.7. The van der Waals surface area contributed by atoms with Gasteiger partial charge in [-0.05, 0) is 31.2 Å². The molecule has 0 radical (unpaired) electrons. The molecule has 4 aromatic rings. The normalized spacial score (nSPS) is 12.4. The molecule has 0 aliphatic rings. The summed E-state index contributed by atoms with van der Waals surface area (Å²) in [5, 5.41) is 22.4. The Bertz CT molecular complexity index is 978. The van der Waals surface area contributed by atoms with Crippen LogP contribution in [0.1, 0.15) is 18.8 Å². The summed E-state index contributed by atoms with van der Waals surface area (Å²) in [6.45, 7) is 1.93. The Labute approximate surface area is 135 Å². The van der Waals surface area contributed by atoms with Crippen LogP contribution in [-0.2, 0) is 0 Å². The summed E-state index contributed by atoms with van der Waals surface area (Å²) in [6, 6.07) is 9.82. The zero-order valence-corrected chi connectivity index (χ0v) is 12.7. The van der Waals surface area contributed by atoms with Crippen molar-refractivity contribution in [1.29, 1.82) is 0 Å². The molecule has 0 spiro atoms. The molecule has 0 aliphatic carbocycles. The number of hydrogen-bond donors (Lipinski definition) is 2. The molecule has 1 unspecified atom stereocenters. The highest BCUT2D eigenvalue weighted by Gasteiger charge is 2.15. The number of nitrogens with zero attached hydrogens (tertiary/aromatic N) is 6. The molecular weight excluding hydrogens is 311 g/mol. The molecule has 120 valence electrons. The van der Waals surface area contributed by atoms with Crippen LogP contribution in [0.2, 0.25) is 0 Å². The molecule has 3 heterocycles. The number of aromatic amines is 1. The van der Waals surface area contributed by atoms with Crippen LogP contribution in [0.4, 0.5) is 10.2 Å². The summed E-state index contributed by atoms with van der Waals surface area (Å²) in [5.74, 6) is 1.25.